The number of benzene rings is 1. The van der Waals surface area contributed by atoms with Crippen LogP contribution in [0.1, 0.15) is 30.5 Å². The van der Waals surface area contributed by atoms with E-state index in [9.17, 15) is 4.79 Å². The fourth-order valence-electron chi connectivity index (χ4n) is 2.04. The molecule has 0 bridgehead atoms. The largest absolute Gasteiger partial charge is 0.493 e. The summed E-state index contributed by atoms with van der Waals surface area (Å²) in [5.41, 5.74) is 0.946. The highest BCUT2D eigenvalue weighted by molar-refractivity contribution is 7.10. The van der Waals surface area contributed by atoms with E-state index in [4.69, 9.17) is 9.47 Å². The molecule has 23 heavy (non-hydrogen) atoms. The average Bonchev–Trinajstić information content (AvgIpc) is 3.07. The molecule has 0 fully saturated rings. The van der Waals surface area contributed by atoms with Crippen LogP contribution in [0.3, 0.4) is 0 Å². The van der Waals surface area contributed by atoms with Gasteiger partial charge in [0, 0.05) is 17.7 Å². The number of rotatable bonds is 7. The quantitative estimate of drug-likeness (QED) is 0.789. The lowest BCUT2D eigenvalue weighted by Crippen LogP contribution is -2.24. The van der Waals surface area contributed by atoms with Gasteiger partial charge in [-0.15, -0.1) is 11.3 Å². The van der Waals surface area contributed by atoms with Gasteiger partial charge in [0.05, 0.1) is 19.8 Å². The molecule has 1 aromatic carbocycles. The first kappa shape index (κ1) is 17.0. The minimum absolute atomic E-state index is 0.145. The molecule has 1 aromatic heterocycles. The van der Waals surface area contributed by atoms with Crippen LogP contribution in [0.2, 0.25) is 0 Å². The van der Waals surface area contributed by atoms with E-state index in [1.165, 1.54) is 17.4 Å². The summed E-state index contributed by atoms with van der Waals surface area (Å²) in [6, 6.07) is 5.50. The van der Waals surface area contributed by atoms with Gasteiger partial charge in [-0.1, -0.05) is 6.07 Å². The Hall–Kier alpha value is -2.34. The monoisotopic (exact) mass is 332 g/mol. The summed E-state index contributed by atoms with van der Waals surface area (Å²) < 4.78 is 10.8. The topological polar surface area (TPSA) is 60.5 Å². The molecule has 0 aliphatic carbocycles. The van der Waals surface area contributed by atoms with Gasteiger partial charge in [0.25, 0.3) is 0 Å². The van der Waals surface area contributed by atoms with Gasteiger partial charge in [-0.25, -0.2) is 4.98 Å². The van der Waals surface area contributed by atoms with E-state index in [0.717, 1.165) is 10.6 Å². The normalized spacial score (nSPS) is 12.1. The summed E-state index contributed by atoms with van der Waals surface area (Å²) in [4.78, 5) is 16.1. The molecule has 0 aliphatic rings. The van der Waals surface area contributed by atoms with Crippen molar-refractivity contribution in [3.63, 3.8) is 0 Å². The van der Waals surface area contributed by atoms with Gasteiger partial charge < -0.3 is 14.8 Å². The van der Waals surface area contributed by atoms with Crippen LogP contribution in [0.25, 0.3) is 6.08 Å². The Kier molecular flexibility index (Phi) is 6.17. The Morgan fingerprint density at radius 2 is 2.26 bits per heavy atom. The lowest BCUT2D eigenvalue weighted by molar-refractivity contribution is -0.117. The Balaban J connectivity index is 2.02. The Labute approximate surface area is 140 Å². The Bertz CT molecular complexity index is 668. The molecule has 2 aromatic rings. The lowest BCUT2D eigenvalue weighted by Gasteiger charge is -2.16. The number of carbonyl (C=O) groups is 1. The van der Waals surface area contributed by atoms with Crippen molar-refractivity contribution in [2.24, 2.45) is 0 Å². The van der Waals surface area contributed by atoms with Gasteiger partial charge >= 0.3 is 0 Å². The second kappa shape index (κ2) is 8.33. The van der Waals surface area contributed by atoms with Gasteiger partial charge in [0.15, 0.2) is 11.5 Å². The van der Waals surface area contributed by atoms with Crippen molar-refractivity contribution in [1.82, 2.24) is 10.3 Å². The number of hydrogen-bond donors (Lipinski definition) is 1. The molecule has 0 spiro atoms. The Morgan fingerprint density at radius 1 is 1.43 bits per heavy atom. The van der Waals surface area contributed by atoms with Gasteiger partial charge in [-0.2, -0.15) is 0 Å². The number of ether oxygens (including phenoxy) is 2. The number of aromatic nitrogens is 1. The zero-order chi connectivity index (χ0) is 16.7. The summed E-state index contributed by atoms with van der Waals surface area (Å²) in [6.07, 6.45) is 4.89. The summed E-state index contributed by atoms with van der Waals surface area (Å²) in [7, 11) is 1.60. The molecule has 5 nitrogen and oxygen atoms in total. The minimum Gasteiger partial charge on any atom is -0.493 e. The fraction of sp³-hybridized carbons (Fsp3) is 0.294. The fourth-order valence-corrected chi connectivity index (χ4v) is 2.57. The smallest absolute Gasteiger partial charge is 0.244 e. The van der Waals surface area contributed by atoms with Crippen LogP contribution < -0.4 is 14.8 Å². The molecular formula is C17H20N2O3S. The van der Waals surface area contributed by atoms with Gasteiger partial charge in [-0.05, 0) is 37.6 Å². The van der Waals surface area contributed by atoms with Crippen LogP contribution in [0.5, 0.6) is 11.5 Å². The first-order valence-corrected chi connectivity index (χ1v) is 8.20. The molecule has 1 unspecified atom stereocenters. The van der Waals surface area contributed by atoms with E-state index in [-0.39, 0.29) is 11.9 Å². The van der Waals surface area contributed by atoms with Gasteiger partial charge in [-0.3, -0.25) is 4.79 Å². The summed E-state index contributed by atoms with van der Waals surface area (Å²) in [6.45, 7) is 4.42. The number of nitrogens with zero attached hydrogens (tertiary/aromatic N) is 1. The molecule has 2 rings (SSSR count). The number of nitrogens with one attached hydrogen (secondary N) is 1. The van der Waals surface area contributed by atoms with Crippen molar-refractivity contribution >= 4 is 23.3 Å². The molecule has 1 atom stereocenters. The number of thiazole rings is 1. The van der Waals surface area contributed by atoms with Gasteiger partial charge in [0.2, 0.25) is 5.91 Å². The standard InChI is InChI=1S/C17H20N2O3S/c1-4-22-14-6-5-13(11-15(14)21-3)12(2)19-16(20)7-8-17-18-9-10-23-17/h5-12H,4H2,1-3H3,(H,19,20)/b8-7+. The van der Waals surface area contributed by atoms with Crippen LogP contribution >= 0.6 is 11.3 Å². The SMILES string of the molecule is CCOc1ccc(C(C)NC(=O)/C=C/c2nccs2)cc1OC. The van der Waals surface area contributed by atoms with E-state index in [2.05, 4.69) is 10.3 Å². The molecule has 1 heterocycles. The predicted octanol–water partition coefficient (Wildman–Crippen LogP) is 3.44. The molecule has 0 saturated carbocycles. The molecule has 1 N–H and O–H groups in total. The highest BCUT2D eigenvalue weighted by Crippen LogP contribution is 2.30. The number of amides is 1. The molecule has 0 aliphatic heterocycles. The first-order chi connectivity index (χ1) is 11.1. The van der Waals surface area contributed by atoms with Gasteiger partial charge in [0.1, 0.15) is 5.01 Å². The maximum atomic E-state index is 12.0. The van der Waals surface area contributed by atoms with Crippen LogP contribution in [0.15, 0.2) is 35.9 Å². The van der Waals surface area contributed by atoms with E-state index in [1.807, 2.05) is 37.4 Å². The number of carbonyl (C=O) groups excluding carboxylic acids is 1. The Morgan fingerprint density at radius 3 is 2.91 bits per heavy atom. The summed E-state index contributed by atoms with van der Waals surface area (Å²) in [5.74, 6) is 1.19. The highest BCUT2D eigenvalue weighted by Gasteiger charge is 2.11. The van der Waals surface area contributed by atoms with Crippen molar-refractivity contribution in [2.45, 2.75) is 19.9 Å². The van der Waals surface area contributed by atoms with E-state index in [0.29, 0.717) is 18.1 Å². The third-order valence-electron chi connectivity index (χ3n) is 3.17. The minimum atomic E-state index is -0.166. The second-order valence-corrected chi connectivity index (χ2v) is 5.70. The van der Waals surface area contributed by atoms with Crippen LogP contribution in [0, 0.1) is 0 Å². The third kappa shape index (κ3) is 4.82. The molecule has 6 heteroatoms. The van der Waals surface area contributed by atoms with Crippen LogP contribution in [0.4, 0.5) is 0 Å². The molecular weight excluding hydrogens is 312 g/mol. The highest BCUT2D eigenvalue weighted by atomic mass is 32.1. The molecule has 0 radical (unpaired) electrons. The van der Waals surface area contributed by atoms with E-state index < -0.39 is 0 Å². The number of hydrogen-bond acceptors (Lipinski definition) is 5. The maximum absolute atomic E-state index is 12.0. The molecule has 0 saturated heterocycles. The van der Waals surface area contributed by atoms with E-state index in [1.54, 1.807) is 19.4 Å². The maximum Gasteiger partial charge on any atom is 0.244 e. The zero-order valence-corrected chi connectivity index (χ0v) is 14.2. The van der Waals surface area contributed by atoms with Crippen LogP contribution in [-0.4, -0.2) is 24.6 Å². The van der Waals surface area contributed by atoms with Crippen molar-refractivity contribution in [1.29, 1.82) is 0 Å². The number of methoxy groups -OCH3 is 1. The second-order valence-electron chi connectivity index (χ2n) is 4.78. The molecule has 122 valence electrons. The zero-order valence-electron chi connectivity index (χ0n) is 13.4. The lowest BCUT2D eigenvalue weighted by atomic mass is 10.1. The van der Waals surface area contributed by atoms with Crippen molar-refractivity contribution in [2.75, 3.05) is 13.7 Å². The molecule has 1 amide bonds. The van der Waals surface area contributed by atoms with Crippen molar-refractivity contribution in [3.05, 3.63) is 46.4 Å². The summed E-state index contributed by atoms with van der Waals surface area (Å²) in [5, 5.41) is 5.59. The predicted molar refractivity (Wildman–Crippen MR) is 91.9 cm³/mol. The first-order valence-electron chi connectivity index (χ1n) is 7.32. The van der Waals surface area contributed by atoms with Crippen LogP contribution in [-0.2, 0) is 4.79 Å². The van der Waals surface area contributed by atoms with Crippen molar-refractivity contribution in [3.8, 4) is 11.5 Å². The van der Waals surface area contributed by atoms with Crippen molar-refractivity contribution < 1.29 is 14.3 Å². The third-order valence-corrected chi connectivity index (χ3v) is 3.92. The summed E-state index contributed by atoms with van der Waals surface area (Å²) >= 11 is 1.48. The van der Waals surface area contributed by atoms with E-state index >= 15 is 0 Å². The average molecular weight is 332 g/mol.